The molecule has 2 aromatic carbocycles. The second kappa shape index (κ2) is 5.28. The highest BCUT2D eigenvalue weighted by atomic mass is 16.3. The van der Waals surface area contributed by atoms with Crippen molar-refractivity contribution in [2.24, 2.45) is 0 Å². The maximum Gasteiger partial charge on any atom is 0.155 e. The molecule has 21 heavy (non-hydrogen) atoms. The van der Waals surface area contributed by atoms with Gasteiger partial charge in [-0.25, -0.2) is 0 Å². The van der Waals surface area contributed by atoms with E-state index in [4.69, 9.17) is 5.73 Å². The molecule has 0 unspecified atom stereocenters. The molecule has 0 spiro atoms. The summed E-state index contributed by atoms with van der Waals surface area (Å²) in [4.78, 5) is 0. The number of nitrogens with zero attached hydrogens (tertiary/aromatic N) is 3. The molecule has 1 aromatic heterocycles. The number of phenols is 1. The van der Waals surface area contributed by atoms with Crippen molar-refractivity contribution in [3.05, 3.63) is 54.1 Å². The van der Waals surface area contributed by atoms with Crippen LogP contribution >= 0.6 is 0 Å². The number of aromatic nitrogens is 3. The Morgan fingerprint density at radius 3 is 2.33 bits per heavy atom. The van der Waals surface area contributed by atoms with Crippen LogP contribution in [0.15, 0.2) is 48.5 Å². The standard InChI is InChI=1S/C16H16N4O/c1-2-11-3-5-12(6-4-11)15-16(17)20(19-18-15)13-7-9-14(21)10-8-13/h3-10,21H,2,17H2,1H3. The van der Waals surface area contributed by atoms with Crippen LogP contribution in [0.25, 0.3) is 16.9 Å². The van der Waals surface area contributed by atoms with Crippen molar-refractivity contribution in [3.8, 4) is 22.7 Å². The molecule has 106 valence electrons. The highest BCUT2D eigenvalue weighted by Gasteiger charge is 2.12. The smallest absolute Gasteiger partial charge is 0.155 e. The Kier molecular flexibility index (Phi) is 3.31. The fraction of sp³-hybridized carbons (Fsp3) is 0.125. The highest BCUT2D eigenvalue weighted by Crippen LogP contribution is 2.26. The van der Waals surface area contributed by atoms with E-state index >= 15 is 0 Å². The van der Waals surface area contributed by atoms with Crippen LogP contribution in [-0.4, -0.2) is 20.1 Å². The summed E-state index contributed by atoms with van der Waals surface area (Å²) in [6, 6.07) is 14.8. The van der Waals surface area contributed by atoms with Gasteiger partial charge >= 0.3 is 0 Å². The van der Waals surface area contributed by atoms with Gasteiger partial charge in [0.15, 0.2) is 5.82 Å². The Labute approximate surface area is 122 Å². The summed E-state index contributed by atoms with van der Waals surface area (Å²) >= 11 is 0. The van der Waals surface area contributed by atoms with Gasteiger partial charge in [-0.05, 0) is 36.2 Å². The van der Waals surface area contributed by atoms with E-state index in [2.05, 4.69) is 29.4 Å². The molecule has 5 nitrogen and oxygen atoms in total. The maximum absolute atomic E-state index is 9.33. The molecule has 5 heteroatoms. The van der Waals surface area contributed by atoms with Gasteiger partial charge in [-0.3, -0.25) is 0 Å². The predicted octanol–water partition coefficient (Wildman–Crippen LogP) is 2.78. The first-order valence-corrected chi connectivity index (χ1v) is 6.79. The number of phenolic OH excluding ortho intramolecular Hbond substituents is 1. The van der Waals surface area contributed by atoms with E-state index in [1.807, 2.05) is 12.1 Å². The molecule has 3 N–H and O–H groups in total. The molecule has 0 aliphatic carbocycles. The van der Waals surface area contributed by atoms with Gasteiger partial charge < -0.3 is 10.8 Å². The number of aryl methyl sites for hydroxylation is 1. The fourth-order valence-electron chi connectivity index (χ4n) is 2.18. The maximum atomic E-state index is 9.33. The quantitative estimate of drug-likeness (QED) is 0.773. The molecule has 0 atom stereocenters. The van der Waals surface area contributed by atoms with E-state index in [1.54, 1.807) is 28.9 Å². The number of anilines is 1. The topological polar surface area (TPSA) is 77.0 Å². The summed E-state index contributed by atoms with van der Waals surface area (Å²) in [5.41, 5.74) is 9.77. The first-order valence-electron chi connectivity index (χ1n) is 6.79. The summed E-state index contributed by atoms with van der Waals surface area (Å²) in [6.07, 6.45) is 0.996. The number of hydrogen-bond donors (Lipinski definition) is 2. The first kappa shape index (κ1) is 13.2. The minimum absolute atomic E-state index is 0.202. The second-order valence-corrected chi connectivity index (χ2v) is 4.80. The van der Waals surface area contributed by atoms with Crippen molar-refractivity contribution in [3.63, 3.8) is 0 Å². The lowest BCUT2D eigenvalue weighted by Gasteiger charge is -2.04. The molecule has 0 aliphatic rings. The number of nitrogens with two attached hydrogens (primary N) is 1. The number of nitrogen functional groups attached to an aromatic ring is 1. The predicted molar refractivity (Wildman–Crippen MR) is 82.3 cm³/mol. The van der Waals surface area contributed by atoms with Crippen LogP contribution in [0.3, 0.4) is 0 Å². The van der Waals surface area contributed by atoms with Gasteiger partial charge in [-0.2, -0.15) is 4.68 Å². The molecular weight excluding hydrogens is 264 g/mol. The Morgan fingerprint density at radius 2 is 1.71 bits per heavy atom. The van der Waals surface area contributed by atoms with Crippen LogP contribution in [0.5, 0.6) is 5.75 Å². The molecule has 0 aliphatic heterocycles. The summed E-state index contributed by atoms with van der Waals surface area (Å²) in [5, 5.41) is 17.6. The molecule has 0 saturated carbocycles. The van der Waals surface area contributed by atoms with E-state index in [0.29, 0.717) is 11.5 Å². The zero-order valence-electron chi connectivity index (χ0n) is 11.7. The lowest BCUT2D eigenvalue weighted by Crippen LogP contribution is -2.02. The van der Waals surface area contributed by atoms with Crippen molar-refractivity contribution in [1.82, 2.24) is 15.0 Å². The van der Waals surface area contributed by atoms with Gasteiger partial charge in [0.25, 0.3) is 0 Å². The van der Waals surface area contributed by atoms with Crippen molar-refractivity contribution in [2.75, 3.05) is 5.73 Å². The number of aromatic hydroxyl groups is 1. The Morgan fingerprint density at radius 1 is 1.05 bits per heavy atom. The number of hydrogen-bond acceptors (Lipinski definition) is 4. The van der Waals surface area contributed by atoms with E-state index in [-0.39, 0.29) is 5.75 Å². The average Bonchev–Trinajstić information content (AvgIpc) is 2.90. The first-order chi connectivity index (χ1) is 10.2. The zero-order valence-corrected chi connectivity index (χ0v) is 11.7. The van der Waals surface area contributed by atoms with Crippen LogP contribution in [0.4, 0.5) is 5.82 Å². The molecule has 0 amide bonds. The van der Waals surface area contributed by atoms with Crippen LogP contribution in [0.1, 0.15) is 12.5 Å². The third-order valence-electron chi connectivity index (χ3n) is 3.43. The SMILES string of the molecule is CCc1ccc(-c2nnn(-c3ccc(O)cc3)c2N)cc1. The van der Waals surface area contributed by atoms with Crippen LogP contribution in [-0.2, 0) is 6.42 Å². The molecule has 3 aromatic rings. The van der Waals surface area contributed by atoms with Crippen molar-refractivity contribution in [2.45, 2.75) is 13.3 Å². The minimum atomic E-state index is 0.202. The van der Waals surface area contributed by atoms with Crippen molar-refractivity contribution < 1.29 is 5.11 Å². The Balaban J connectivity index is 2.00. The molecule has 0 fully saturated rings. The Bertz CT molecular complexity index is 745. The van der Waals surface area contributed by atoms with E-state index in [0.717, 1.165) is 17.7 Å². The summed E-state index contributed by atoms with van der Waals surface area (Å²) < 4.78 is 1.56. The van der Waals surface area contributed by atoms with Gasteiger partial charge in [-0.1, -0.05) is 36.4 Å². The van der Waals surface area contributed by atoms with Gasteiger partial charge in [-0.15, -0.1) is 5.10 Å². The third-order valence-corrected chi connectivity index (χ3v) is 3.43. The molecule has 0 radical (unpaired) electrons. The van der Waals surface area contributed by atoms with E-state index in [1.165, 1.54) is 5.56 Å². The minimum Gasteiger partial charge on any atom is -0.508 e. The van der Waals surface area contributed by atoms with E-state index < -0.39 is 0 Å². The molecule has 1 heterocycles. The number of benzene rings is 2. The van der Waals surface area contributed by atoms with Crippen LogP contribution in [0, 0.1) is 0 Å². The van der Waals surface area contributed by atoms with E-state index in [9.17, 15) is 5.11 Å². The second-order valence-electron chi connectivity index (χ2n) is 4.80. The summed E-state index contributed by atoms with van der Waals surface area (Å²) in [7, 11) is 0. The van der Waals surface area contributed by atoms with Gasteiger partial charge in [0.1, 0.15) is 11.4 Å². The average molecular weight is 280 g/mol. The molecule has 0 saturated heterocycles. The van der Waals surface area contributed by atoms with Crippen LogP contribution < -0.4 is 5.73 Å². The zero-order chi connectivity index (χ0) is 14.8. The van der Waals surface area contributed by atoms with Crippen LogP contribution in [0.2, 0.25) is 0 Å². The van der Waals surface area contributed by atoms with Gasteiger partial charge in [0, 0.05) is 5.56 Å². The van der Waals surface area contributed by atoms with Gasteiger partial charge in [0.05, 0.1) is 5.69 Å². The molecule has 3 rings (SSSR count). The van der Waals surface area contributed by atoms with Crippen molar-refractivity contribution in [1.29, 1.82) is 0 Å². The molecular formula is C16H16N4O. The monoisotopic (exact) mass is 280 g/mol. The third kappa shape index (κ3) is 2.45. The largest absolute Gasteiger partial charge is 0.508 e. The molecule has 0 bridgehead atoms. The fourth-order valence-corrected chi connectivity index (χ4v) is 2.18. The Hall–Kier alpha value is -2.82. The normalized spacial score (nSPS) is 10.7. The highest BCUT2D eigenvalue weighted by molar-refractivity contribution is 5.71. The summed E-state index contributed by atoms with van der Waals surface area (Å²) in [6.45, 7) is 2.12. The van der Waals surface area contributed by atoms with Crippen molar-refractivity contribution >= 4 is 5.82 Å². The van der Waals surface area contributed by atoms with Gasteiger partial charge in [0.2, 0.25) is 0 Å². The lowest BCUT2D eigenvalue weighted by molar-refractivity contribution is 0.475. The number of rotatable bonds is 3. The summed E-state index contributed by atoms with van der Waals surface area (Å²) in [5.74, 6) is 0.678. The lowest BCUT2D eigenvalue weighted by atomic mass is 10.1.